The number of hydrogen-bond acceptors (Lipinski definition) is 7. The van der Waals surface area contributed by atoms with E-state index in [-0.39, 0.29) is 30.6 Å². The van der Waals surface area contributed by atoms with Crippen molar-refractivity contribution in [2.75, 3.05) is 13.6 Å². The summed E-state index contributed by atoms with van der Waals surface area (Å²) in [4.78, 5) is 61.4. The first-order chi connectivity index (χ1) is 16.3. The molecule has 0 aromatic rings. The molecule has 0 aliphatic heterocycles. The summed E-state index contributed by atoms with van der Waals surface area (Å²) >= 11 is 0. The first-order valence-electron chi connectivity index (χ1n) is 12.0. The van der Waals surface area contributed by atoms with Gasteiger partial charge in [0.1, 0.15) is 18.1 Å². The van der Waals surface area contributed by atoms with Crippen LogP contribution in [0, 0.1) is 11.8 Å². The average molecular weight is 502 g/mol. The van der Waals surface area contributed by atoms with E-state index in [9.17, 15) is 34.2 Å². The molecular formula is C23H43N5O7. The van der Waals surface area contributed by atoms with Crippen molar-refractivity contribution < 1.29 is 34.2 Å². The zero-order chi connectivity index (χ0) is 27.1. The van der Waals surface area contributed by atoms with Crippen molar-refractivity contribution in [3.05, 3.63) is 0 Å². The van der Waals surface area contributed by atoms with Crippen molar-refractivity contribution in [2.24, 2.45) is 17.6 Å². The Labute approximate surface area is 207 Å². The molecule has 0 fully saturated rings. The van der Waals surface area contributed by atoms with E-state index < -0.39 is 54.3 Å². The molecule has 0 rings (SSSR count). The van der Waals surface area contributed by atoms with Crippen LogP contribution in [-0.2, 0) is 24.0 Å². The smallest absolute Gasteiger partial charge is 0.326 e. The van der Waals surface area contributed by atoms with Gasteiger partial charge in [0, 0.05) is 0 Å². The van der Waals surface area contributed by atoms with E-state index in [0.29, 0.717) is 25.8 Å². The van der Waals surface area contributed by atoms with Gasteiger partial charge in [-0.3, -0.25) is 19.2 Å². The normalized spacial score (nSPS) is 14.6. The minimum absolute atomic E-state index is 0.00914. The lowest BCUT2D eigenvalue weighted by molar-refractivity contribution is -0.143. The van der Waals surface area contributed by atoms with Gasteiger partial charge in [0.15, 0.2) is 0 Å². The monoisotopic (exact) mass is 501 g/mol. The number of likely N-dealkylation sites (N-methyl/N-ethyl adjacent to an activating group) is 1. The van der Waals surface area contributed by atoms with E-state index in [1.807, 2.05) is 27.7 Å². The van der Waals surface area contributed by atoms with Gasteiger partial charge in [0.2, 0.25) is 17.7 Å². The summed E-state index contributed by atoms with van der Waals surface area (Å²) in [7, 11) is 1.64. The van der Waals surface area contributed by atoms with Crippen LogP contribution in [0.15, 0.2) is 0 Å². The molecule has 0 aliphatic rings. The van der Waals surface area contributed by atoms with Crippen LogP contribution in [0.1, 0.15) is 66.2 Å². The largest absolute Gasteiger partial charge is 0.481 e. The van der Waals surface area contributed by atoms with E-state index in [1.165, 1.54) is 0 Å². The highest BCUT2D eigenvalue weighted by Gasteiger charge is 2.32. The molecule has 35 heavy (non-hydrogen) atoms. The van der Waals surface area contributed by atoms with E-state index in [0.717, 1.165) is 0 Å². The summed E-state index contributed by atoms with van der Waals surface area (Å²) in [5.74, 6) is -4.42. The number of carboxylic acid groups (broad SMARTS) is 2. The molecule has 0 radical (unpaired) electrons. The topological polar surface area (TPSA) is 200 Å². The van der Waals surface area contributed by atoms with Gasteiger partial charge in [-0.1, -0.05) is 27.7 Å². The van der Waals surface area contributed by atoms with Crippen molar-refractivity contribution in [1.82, 2.24) is 21.3 Å². The lowest BCUT2D eigenvalue weighted by atomic mass is 9.99. The molecule has 12 nitrogen and oxygen atoms in total. The van der Waals surface area contributed by atoms with E-state index in [1.54, 1.807) is 7.05 Å². The van der Waals surface area contributed by atoms with Gasteiger partial charge in [0.25, 0.3) is 0 Å². The van der Waals surface area contributed by atoms with Gasteiger partial charge in [0.05, 0.1) is 12.5 Å². The maximum absolute atomic E-state index is 13.0. The molecule has 0 aromatic carbocycles. The lowest BCUT2D eigenvalue weighted by Gasteiger charge is -2.26. The van der Waals surface area contributed by atoms with Gasteiger partial charge >= 0.3 is 11.9 Å². The van der Waals surface area contributed by atoms with Crippen LogP contribution < -0.4 is 27.0 Å². The number of carboxylic acids is 2. The number of carbonyl (C=O) groups is 5. The van der Waals surface area contributed by atoms with Crippen LogP contribution in [0.25, 0.3) is 0 Å². The molecule has 4 atom stereocenters. The van der Waals surface area contributed by atoms with Gasteiger partial charge in [-0.05, 0) is 57.5 Å². The van der Waals surface area contributed by atoms with Crippen molar-refractivity contribution in [1.29, 1.82) is 0 Å². The van der Waals surface area contributed by atoms with Crippen LogP contribution in [0.5, 0.6) is 0 Å². The maximum Gasteiger partial charge on any atom is 0.326 e. The Kier molecular flexibility index (Phi) is 15.5. The SMILES string of the molecule is CN[C@@H](CC(C)C)C(=O)N[C@@H](CC(C)C)C(=O)N[C@@H](CC(=O)O)C(=O)N[C@@H](CCCCN)C(=O)O. The zero-order valence-electron chi connectivity index (χ0n) is 21.4. The Balaban J connectivity index is 5.55. The van der Waals surface area contributed by atoms with E-state index in [2.05, 4.69) is 21.3 Å². The first-order valence-corrected chi connectivity index (χ1v) is 12.0. The number of aliphatic carboxylic acids is 2. The van der Waals surface area contributed by atoms with Crippen LogP contribution in [0.4, 0.5) is 0 Å². The van der Waals surface area contributed by atoms with Crippen LogP contribution >= 0.6 is 0 Å². The summed E-state index contributed by atoms with van der Waals surface area (Å²) in [5.41, 5.74) is 5.42. The predicted molar refractivity (Wildman–Crippen MR) is 130 cm³/mol. The van der Waals surface area contributed by atoms with Gasteiger partial charge < -0.3 is 37.2 Å². The lowest BCUT2D eigenvalue weighted by Crippen LogP contribution is -2.58. The number of hydrogen-bond donors (Lipinski definition) is 7. The fourth-order valence-electron chi connectivity index (χ4n) is 3.48. The van der Waals surface area contributed by atoms with Crippen molar-refractivity contribution in [3.8, 4) is 0 Å². The second-order valence-corrected chi connectivity index (χ2v) is 9.50. The minimum Gasteiger partial charge on any atom is -0.481 e. The number of nitrogens with two attached hydrogens (primary N) is 1. The Morgan fingerprint density at radius 2 is 1.17 bits per heavy atom. The number of nitrogens with one attached hydrogen (secondary N) is 4. The fraction of sp³-hybridized carbons (Fsp3) is 0.783. The quantitative estimate of drug-likeness (QED) is 0.124. The minimum atomic E-state index is -1.52. The fourth-order valence-corrected chi connectivity index (χ4v) is 3.48. The highest BCUT2D eigenvalue weighted by atomic mass is 16.4. The summed E-state index contributed by atoms with van der Waals surface area (Å²) in [6.07, 6.45) is 1.18. The Bertz CT molecular complexity index is 714. The molecular weight excluding hydrogens is 458 g/mol. The van der Waals surface area contributed by atoms with Crippen LogP contribution in [-0.4, -0.2) is 77.6 Å². The number of unbranched alkanes of at least 4 members (excludes halogenated alkanes) is 1. The van der Waals surface area contributed by atoms with Gasteiger partial charge in [-0.2, -0.15) is 0 Å². The van der Waals surface area contributed by atoms with Crippen LogP contribution in [0.2, 0.25) is 0 Å². The van der Waals surface area contributed by atoms with E-state index >= 15 is 0 Å². The first kappa shape index (κ1) is 32.3. The average Bonchev–Trinajstić information content (AvgIpc) is 2.74. The maximum atomic E-state index is 13.0. The number of amides is 3. The molecule has 0 saturated heterocycles. The molecule has 0 unspecified atom stereocenters. The molecule has 0 saturated carbocycles. The Morgan fingerprint density at radius 3 is 1.63 bits per heavy atom. The number of rotatable bonds is 18. The molecule has 0 heterocycles. The molecule has 8 N–H and O–H groups in total. The number of carbonyl (C=O) groups excluding carboxylic acids is 3. The molecule has 3 amide bonds. The Morgan fingerprint density at radius 1 is 0.714 bits per heavy atom. The molecule has 0 bridgehead atoms. The molecule has 12 heteroatoms. The zero-order valence-corrected chi connectivity index (χ0v) is 21.4. The van der Waals surface area contributed by atoms with Crippen molar-refractivity contribution in [2.45, 2.75) is 90.4 Å². The van der Waals surface area contributed by atoms with Gasteiger partial charge in [-0.25, -0.2) is 4.79 Å². The molecule has 202 valence electrons. The standard InChI is InChI=1S/C23H43N5O7/c1-13(2)10-16(25-5)20(31)27-17(11-14(3)4)21(32)28-18(12-19(29)30)22(33)26-15(23(34)35)8-6-7-9-24/h13-18,25H,6-12,24H2,1-5H3,(H,26,33)(H,27,31)(H,28,32)(H,29,30)(H,34,35)/t15-,16-,17-,18-/m0/s1. The summed E-state index contributed by atoms with van der Waals surface area (Å²) in [5, 5.41) is 28.9. The van der Waals surface area contributed by atoms with Crippen molar-refractivity contribution >= 4 is 29.7 Å². The highest BCUT2D eigenvalue weighted by molar-refractivity contribution is 5.95. The highest BCUT2D eigenvalue weighted by Crippen LogP contribution is 2.10. The van der Waals surface area contributed by atoms with Crippen molar-refractivity contribution in [3.63, 3.8) is 0 Å². The third-order valence-electron chi connectivity index (χ3n) is 5.29. The predicted octanol–water partition coefficient (Wildman–Crippen LogP) is -0.191. The van der Waals surface area contributed by atoms with Crippen LogP contribution in [0.3, 0.4) is 0 Å². The second-order valence-electron chi connectivity index (χ2n) is 9.50. The molecule has 0 aliphatic carbocycles. The van der Waals surface area contributed by atoms with Gasteiger partial charge in [-0.15, -0.1) is 0 Å². The summed E-state index contributed by atoms with van der Waals surface area (Å²) < 4.78 is 0. The third kappa shape index (κ3) is 13.7. The molecule has 0 aromatic heterocycles. The second kappa shape index (κ2) is 16.8. The Hall–Kier alpha value is -2.73. The van der Waals surface area contributed by atoms with E-state index in [4.69, 9.17) is 5.73 Å². The third-order valence-corrected chi connectivity index (χ3v) is 5.29. The summed E-state index contributed by atoms with van der Waals surface area (Å²) in [6, 6.07) is -4.30. The molecule has 0 spiro atoms. The summed E-state index contributed by atoms with van der Waals surface area (Å²) in [6.45, 7) is 8.01.